The summed E-state index contributed by atoms with van der Waals surface area (Å²) < 4.78 is 50.8. The molecule has 0 radical (unpaired) electrons. The van der Waals surface area contributed by atoms with Crippen LogP contribution in [0.1, 0.15) is 15.9 Å². The van der Waals surface area contributed by atoms with Gasteiger partial charge >= 0.3 is 6.18 Å². The molecule has 1 aromatic carbocycles. The number of dihydropyridines is 1. The van der Waals surface area contributed by atoms with Gasteiger partial charge in [-0.1, -0.05) is 6.08 Å². The number of allylic oxidation sites excluding steroid dienone is 3. The maximum atomic E-state index is 13.4. The molecule has 0 spiro atoms. The summed E-state index contributed by atoms with van der Waals surface area (Å²) in [4.78, 5) is 11.9. The first-order valence-electron chi connectivity index (χ1n) is 6.52. The van der Waals surface area contributed by atoms with Crippen molar-refractivity contribution in [3.63, 3.8) is 0 Å². The van der Waals surface area contributed by atoms with Crippen LogP contribution in [0, 0.1) is 5.82 Å². The first-order chi connectivity index (χ1) is 10.8. The van der Waals surface area contributed by atoms with Crippen LogP contribution in [0.5, 0.6) is 0 Å². The molecule has 1 amide bonds. The highest BCUT2D eigenvalue weighted by molar-refractivity contribution is 5.94. The van der Waals surface area contributed by atoms with Crippen LogP contribution >= 0.6 is 0 Å². The van der Waals surface area contributed by atoms with Crippen molar-refractivity contribution in [2.75, 3.05) is 6.54 Å². The predicted octanol–water partition coefficient (Wildman–Crippen LogP) is 2.42. The minimum absolute atomic E-state index is 0.0397. The van der Waals surface area contributed by atoms with Crippen LogP contribution < -0.4 is 16.4 Å². The number of benzene rings is 1. The van der Waals surface area contributed by atoms with Gasteiger partial charge in [-0.15, -0.1) is 0 Å². The van der Waals surface area contributed by atoms with Crippen LogP contribution in [-0.4, -0.2) is 12.5 Å². The van der Waals surface area contributed by atoms with Crippen molar-refractivity contribution in [2.45, 2.75) is 6.18 Å². The highest BCUT2D eigenvalue weighted by Gasteiger charge is 2.34. The number of amides is 1. The molecule has 1 heterocycles. The third-order valence-electron chi connectivity index (χ3n) is 3.03. The third kappa shape index (κ3) is 4.12. The SMILES string of the molecule is N/C(CNC(=O)c1ccc(C(F)(F)F)c(F)c1)=C1/C=CC=CN1. The van der Waals surface area contributed by atoms with E-state index in [0.29, 0.717) is 23.5 Å². The predicted molar refractivity (Wildman–Crippen MR) is 76.4 cm³/mol. The Morgan fingerprint density at radius 3 is 2.57 bits per heavy atom. The minimum atomic E-state index is -4.81. The van der Waals surface area contributed by atoms with E-state index in [4.69, 9.17) is 5.73 Å². The second-order valence-corrected chi connectivity index (χ2v) is 4.68. The summed E-state index contributed by atoms with van der Waals surface area (Å²) in [6.45, 7) is -0.0397. The van der Waals surface area contributed by atoms with Crippen LogP contribution in [0.2, 0.25) is 0 Å². The number of rotatable bonds is 3. The second-order valence-electron chi connectivity index (χ2n) is 4.68. The summed E-state index contributed by atoms with van der Waals surface area (Å²) in [5.74, 6) is -2.23. The lowest BCUT2D eigenvalue weighted by Crippen LogP contribution is -2.30. The van der Waals surface area contributed by atoms with Crippen LogP contribution in [-0.2, 0) is 6.18 Å². The Labute approximate surface area is 129 Å². The molecule has 0 saturated carbocycles. The summed E-state index contributed by atoms with van der Waals surface area (Å²) in [5.41, 5.74) is 5.06. The number of carbonyl (C=O) groups excluding carboxylic acids is 1. The van der Waals surface area contributed by atoms with E-state index in [-0.39, 0.29) is 12.1 Å². The molecule has 0 unspecified atom stereocenters. The molecule has 0 bridgehead atoms. The number of hydrogen-bond donors (Lipinski definition) is 3. The largest absolute Gasteiger partial charge is 0.419 e. The van der Waals surface area contributed by atoms with E-state index >= 15 is 0 Å². The standard InChI is InChI=1S/C15H13F4N3O/c16-11-7-9(4-5-10(11)15(17,18)19)14(23)22-8-12(20)13-3-1-2-6-21-13/h1-7,21H,8,20H2,(H,22,23)/b13-12-. The number of carbonyl (C=O) groups is 1. The van der Waals surface area contributed by atoms with E-state index in [0.717, 1.165) is 6.07 Å². The number of nitrogens with one attached hydrogen (secondary N) is 2. The summed E-state index contributed by atoms with van der Waals surface area (Å²) in [5, 5.41) is 5.28. The monoisotopic (exact) mass is 327 g/mol. The van der Waals surface area contributed by atoms with E-state index in [1.165, 1.54) is 0 Å². The van der Waals surface area contributed by atoms with E-state index in [9.17, 15) is 22.4 Å². The molecule has 23 heavy (non-hydrogen) atoms. The van der Waals surface area contributed by atoms with E-state index in [2.05, 4.69) is 10.6 Å². The summed E-state index contributed by atoms with van der Waals surface area (Å²) in [6, 6.07) is 1.98. The highest BCUT2D eigenvalue weighted by Crippen LogP contribution is 2.31. The van der Waals surface area contributed by atoms with Crippen molar-refractivity contribution in [2.24, 2.45) is 5.73 Å². The minimum Gasteiger partial charge on any atom is -0.399 e. The van der Waals surface area contributed by atoms with E-state index in [1.54, 1.807) is 24.4 Å². The molecule has 0 fully saturated rings. The highest BCUT2D eigenvalue weighted by atomic mass is 19.4. The Morgan fingerprint density at radius 2 is 2.00 bits per heavy atom. The van der Waals surface area contributed by atoms with Crippen LogP contribution in [0.3, 0.4) is 0 Å². The number of hydrogen-bond acceptors (Lipinski definition) is 3. The number of halogens is 4. The third-order valence-corrected chi connectivity index (χ3v) is 3.03. The van der Waals surface area contributed by atoms with E-state index in [1.807, 2.05) is 0 Å². The molecule has 1 aliphatic heterocycles. The zero-order chi connectivity index (χ0) is 17.0. The molecule has 2 rings (SSSR count). The Balaban J connectivity index is 2.05. The van der Waals surface area contributed by atoms with Crippen molar-refractivity contribution in [3.05, 3.63) is 71.0 Å². The van der Waals surface area contributed by atoms with Gasteiger partial charge in [0.15, 0.2) is 0 Å². The second kappa shape index (κ2) is 6.55. The molecule has 1 aliphatic rings. The lowest BCUT2D eigenvalue weighted by Gasteiger charge is -2.12. The fourth-order valence-corrected chi connectivity index (χ4v) is 1.85. The van der Waals surface area contributed by atoms with Crippen LogP contribution in [0.15, 0.2) is 54.0 Å². The molecule has 8 heteroatoms. The summed E-state index contributed by atoms with van der Waals surface area (Å²) in [6.07, 6.45) is 2.03. The van der Waals surface area contributed by atoms with E-state index < -0.39 is 23.5 Å². The van der Waals surface area contributed by atoms with Gasteiger partial charge in [0, 0.05) is 11.8 Å². The van der Waals surface area contributed by atoms with Gasteiger partial charge in [0.05, 0.1) is 23.5 Å². The fourth-order valence-electron chi connectivity index (χ4n) is 1.85. The zero-order valence-electron chi connectivity index (χ0n) is 11.7. The van der Waals surface area contributed by atoms with Crippen molar-refractivity contribution in [3.8, 4) is 0 Å². The van der Waals surface area contributed by atoms with Crippen LogP contribution in [0.4, 0.5) is 17.6 Å². The van der Waals surface area contributed by atoms with Gasteiger partial charge in [-0.05, 0) is 30.4 Å². The van der Waals surface area contributed by atoms with Crippen molar-refractivity contribution in [1.82, 2.24) is 10.6 Å². The lowest BCUT2D eigenvalue weighted by atomic mass is 10.1. The molecule has 0 aliphatic carbocycles. The average molecular weight is 327 g/mol. The Morgan fingerprint density at radius 1 is 1.26 bits per heavy atom. The maximum absolute atomic E-state index is 13.4. The quantitative estimate of drug-likeness (QED) is 0.747. The van der Waals surface area contributed by atoms with Gasteiger partial charge < -0.3 is 16.4 Å². The summed E-state index contributed by atoms with van der Waals surface area (Å²) in [7, 11) is 0. The Hall–Kier alpha value is -2.77. The van der Waals surface area contributed by atoms with Gasteiger partial charge in [0.2, 0.25) is 0 Å². The molecule has 4 nitrogen and oxygen atoms in total. The Bertz CT molecular complexity index is 705. The van der Waals surface area contributed by atoms with Gasteiger partial charge in [-0.25, -0.2) is 4.39 Å². The Kier molecular flexibility index (Phi) is 4.73. The smallest absolute Gasteiger partial charge is 0.399 e. The lowest BCUT2D eigenvalue weighted by molar-refractivity contribution is -0.140. The first kappa shape index (κ1) is 16.6. The van der Waals surface area contributed by atoms with Gasteiger partial charge in [-0.2, -0.15) is 13.2 Å². The molecular weight excluding hydrogens is 314 g/mol. The molecule has 0 aromatic heterocycles. The molecule has 1 aromatic rings. The van der Waals surface area contributed by atoms with Gasteiger partial charge in [0.1, 0.15) is 5.82 Å². The molecule has 122 valence electrons. The van der Waals surface area contributed by atoms with Crippen LogP contribution in [0.25, 0.3) is 0 Å². The fraction of sp³-hybridized carbons (Fsp3) is 0.133. The van der Waals surface area contributed by atoms with Crippen molar-refractivity contribution >= 4 is 5.91 Å². The van der Waals surface area contributed by atoms with Crippen molar-refractivity contribution < 1.29 is 22.4 Å². The topological polar surface area (TPSA) is 67.1 Å². The zero-order valence-corrected chi connectivity index (χ0v) is 11.7. The van der Waals surface area contributed by atoms with Gasteiger partial charge in [-0.3, -0.25) is 4.79 Å². The molecule has 4 N–H and O–H groups in total. The molecular formula is C15H13F4N3O. The van der Waals surface area contributed by atoms with Gasteiger partial charge in [0.25, 0.3) is 5.91 Å². The maximum Gasteiger partial charge on any atom is 0.419 e. The molecule has 0 atom stereocenters. The summed E-state index contributed by atoms with van der Waals surface area (Å²) >= 11 is 0. The number of alkyl halides is 3. The molecule has 0 saturated heterocycles. The first-order valence-corrected chi connectivity index (χ1v) is 6.52. The van der Waals surface area contributed by atoms with Crippen molar-refractivity contribution in [1.29, 1.82) is 0 Å². The normalized spacial score (nSPS) is 16.0. The average Bonchev–Trinajstić information content (AvgIpc) is 2.51. The number of nitrogens with two attached hydrogens (primary N) is 1.